The molecular formula is C11H11BrFNO2. The van der Waals surface area contributed by atoms with Crippen molar-refractivity contribution in [3.8, 4) is 0 Å². The highest BCUT2D eigenvalue weighted by Gasteiger charge is 2.31. The van der Waals surface area contributed by atoms with Gasteiger partial charge in [0, 0.05) is 23.4 Å². The van der Waals surface area contributed by atoms with E-state index in [0.29, 0.717) is 18.5 Å². The molecule has 1 aliphatic rings. The summed E-state index contributed by atoms with van der Waals surface area (Å²) in [6.45, 7) is 0.163. The van der Waals surface area contributed by atoms with Crippen LogP contribution in [0.2, 0.25) is 0 Å². The minimum Gasteiger partial charge on any atom is -0.392 e. The van der Waals surface area contributed by atoms with E-state index in [1.165, 1.54) is 17.0 Å². The first-order chi connectivity index (χ1) is 7.63. The summed E-state index contributed by atoms with van der Waals surface area (Å²) < 4.78 is 13.7. The summed E-state index contributed by atoms with van der Waals surface area (Å²) in [6, 6.07) is 4.44. The Morgan fingerprint density at radius 2 is 2.31 bits per heavy atom. The molecule has 1 aliphatic heterocycles. The van der Waals surface area contributed by atoms with Gasteiger partial charge < -0.3 is 10.0 Å². The average molecular weight is 288 g/mol. The lowest BCUT2D eigenvalue weighted by Gasteiger charge is -2.19. The third-order valence-electron chi connectivity index (χ3n) is 2.59. The van der Waals surface area contributed by atoms with E-state index in [2.05, 4.69) is 15.9 Å². The summed E-state index contributed by atoms with van der Waals surface area (Å²) in [5.74, 6) is -0.594. The summed E-state index contributed by atoms with van der Waals surface area (Å²) in [7, 11) is 0. The molecule has 1 atom stereocenters. The third-order valence-corrected chi connectivity index (χ3v) is 3.20. The highest BCUT2D eigenvalue weighted by atomic mass is 79.9. The van der Waals surface area contributed by atoms with Gasteiger partial charge in [-0.1, -0.05) is 28.1 Å². The third kappa shape index (κ3) is 1.97. The zero-order chi connectivity index (χ0) is 11.7. The molecule has 86 valence electrons. The Morgan fingerprint density at radius 1 is 1.56 bits per heavy atom. The van der Waals surface area contributed by atoms with E-state index in [1.807, 2.05) is 0 Å². The van der Waals surface area contributed by atoms with E-state index in [4.69, 9.17) is 5.11 Å². The Kier molecular flexibility index (Phi) is 3.25. The normalized spacial score (nSPS) is 20.6. The number of halogens is 2. The second-order valence-corrected chi connectivity index (χ2v) is 5.01. The van der Waals surface area contributed by atoms with Gasteiger partial charge in [0.1, 0.15) is 5.82 Å². The summed E-state index contributed by atoms with van der Waals surface area (Å²) >= 11 is 3.34. The number of rotatable bonds is 2. The van der Waals surface area contributed by atoms with Crippen LogP contribution in [0.15, 0.2) is 18.2 Å². The molecule has 1 heterocycles. The standard InChI is InChI=1S/C11H11BrFNO2/c12-8-4-10(16)14(5-8)11-7(6-15)2-1-3-9(11)13/h1-3,8,15H,4-6H2. The van der Waals surface area contributed by atoms with Crippen molar-refractivity contribution in [1.82, 2.24) is 0 Å². The van der Waals surface area contributed by atoms with Gasteiger partial charge in [0.25, 0.3) is 0 Å². The first kappa shape index (κ1) is 11.5. The van der Waals surface area contributed by atoms with Crippen LogP contribution in [-0.4, -0.2) is 22.4 Å². The Labute approximate surface area is 101 Å². The predicted octanol–water partition coefficient (Wildman–Crippen LogP) is 1.82. The molecule has 0 saturated carbocycles. The molecule has 0 radical (unpaired) electrons. The number of para-hydroxylation sites is 1. The number of amides is 1. The number of carbonyl (C=O) groups is 1. The van der Waals surface area contributed by atoms with Gasteiger partial charge in [-0.25, -0.2) is 4.39 Å². The molecule has 1 N–H and O–H groups in total. The van der Waals surface area contributed by atoms with Crippen molar-refractivity contribution < 1.29 is 14.3 Å². The van der Waals surface area contributed by atoms with Gasteiger partial charge in [-0.05, 0) is 6.07 Å². The zero-order valence-electron chi connectivity index (χ0n) is 8.49. The highest BCUT2D eigenvalue weighted by molar-refractivity contribution is 9.09. The quantitative estimate of drug-likeness (QED) is 0.843. The van der Waals surface area contributed by atoms with Crippen LogP contribution in [0.4, 0.5) is 10.1 Å². The number of benzene rings is 1. The van der Waals surface area contributed by atoms with Gasteiger partial charge in [-0.15, -0.1) is 0 Å². The van der Waals surface area contributed by atoms with Crippen molar-refractivity contribution in [1.29, 1.82) is 0 Å². The molecule has 3 nitrogen and oxygen atoms in total. The van der Waals surface area contributed by atoms with Crippen molar-refractivity contribution in [2.24, 2.45) is 0 Å². The predicted molar refractivity (Wildman–Crippen MR) is 62.0 cm³/mol. The van der Waals surface area contributed by atoms with Crippen LogP contribution in [0.3, 0.4) is 0 Å². The van der Waals surface area contributed by atoms with E-state index in [1.54, 1.807) is 6.07 Å². The Balaban J connectivity index is 2.43. The molecule has 1 unspecified atom stereocenters. The van der Waals surface area contributed by atoms with E-state index >= 15 is 0 Å². The van der Waals surface area contributed by atoms with Gasteiger partial charge in [0.2, 0.25) is 5.91 Å². The summed E-state index contributed by atoms with van der Waals surface area (Å²) in [5, 5.41) is 9.14. The number of nitrogens with zero attached hydrogens (tertiary/aromatic N) is 1. The first-order valence-electron chi connectivity index (χ1n) is 4.96. The molecule has 1 saturated heterocycles. The van der Waals surface area contributed by atoms with Gasteiger partial charge in [-0.3, -0.25) is 4.79 Å². The van der Waals surface area contributed by atoms with Crippen molar-refractivity contribution in [3.63, 3.8) is 0 Å². The van der Waals surface area contributed by atoms with E-state index in [0.717, 1.165) is 0 Å². The maximum absolute atomic E-state index is 13.7. The second-order valence-electron chi connectivity index (χ2n) is 3.71. The van der Waals surface area contributed by atoms with Crippen LogP contribution >= 0.6 is 15.9 Å². The number of carbonyl (C=O) groups excluding carboxylic acids is 1. The molecule has 0 bridgehead atoms. The molecule has 1 aromatic rings. The van der Waals surface area contributed by atoms with Crippen LogP contribution in [0.5, 0.6) is 0 Å². The average Bonchev–Trinajstić information content (AvgIpc) is 2.57. The molecule has 1 amide bonds. The minimum atomic E-state index is -0.471. The molecule has 2 rings (SSSR count). The van der Waals surface area contributed by atoms with Crippen LogP contribution in [0.25, 0.3) is 0 Å². The lowest BCUT2D eigenvalue weighted by molar-refractivity contribution is -0.117. The Morgan fingerprint density at radius 3 is 2.88 bits per heavy atom. The molecule has 1 fully saturated rings. The minimum absolute atomic E-state index is 0.0474. The molecular weight excluding hydrogens is 277 g/mol. The fraction of sp³-hybridized carbons (Fsp3) is 0.364. The van der Waals surface area contributed by atoms with Crippen LogP contribution < -0.4 is 4.90 Å². The van der Waals surface area contributed by atoms with E-state index < -0.39 is 5.82 Å². The lowest BCUT2D eigenvalue weighted by atomic mass is 10.1. The molecule has 0 spiro atoms. The van der Waals surface area contributed by atoms with Gasteiger partial charge in [0.15, 0.2) is 0 Å². The molecule has 0 aliphatic carbocycles. The highest BCUT2D eigenvalue weighted by Crippen LogP contribution is 2.30. The van der Waals surface area contributed by atoms with E-state index in [9.17, 15) is 9.18 Å². The van der Waals surface area contributed by atoms with Crippen molar-refractivity contribution in [3.05, 3.63) is 29.6 Å². The number of hydrogen-bond donors (Lipinski definition) is 1. The Hall–Kier alpha value is -0.940. The molecule has 1 aromatic carbocycles. The van der Waals surface area contributed by atoms with Crippen LogP contribution in [-0.2, 0) is 11.4 Å². The SMILES string of the molecule is O=C1CC(Br)CN1c1c(F)cccc1CO. The number of hydrogen-bond acceptors (Lipinski definition) is 2. The zero-order valence-corrected chi connectivity index (χ0v) is 10.1. The number of anilines is 1. The topological polar surface area (TPSA) is 40.5 Å². The van der Waals surface area contributed by atoms with Gasteiger partial charge >= 0.3 is 0 Å². The fourth-order valence-electron chi connectivity index (χ4n) is 1.87. The van der Waals surface area contributed by atoms with Gasteiger partial charge in [-0.2, -0.15) is 0 Å². The van der Waals surface area contributed by atoms with E-state index in [-0.39, 0.29) is 23.0 Å². The molecule has 5 heteroatoms. The molecule has 16 heavy (non-hydrogen) atoms. The smallest absolute Gasteiger partial charge is 0.228 e. The Bertz CT molecular complexity index is 424. The van der Waals surface area contributed by atoms with Gasteiger partial charge in [0.05, 0.1) is 12.3 Å². The monoisotopic (exact) mass is 287 g/mol. The molecule has 0 aromatic heterocycles. The second kappa shape index (κ2) is 4.51. The maximum atomic E-state index is 13.7. The van der Waals surface area contributed by atoms with Crippen LogP contribution in [0, 0.1) is 5.82 Å². The van der Waals surface area contributed by atoms with Crippen molar-refractivity contribution >= 4 is 27.5 Å². The summed E-state index contributed by atoms with van der Waals surface area (Å²) in [6.07, 6.45) is 0.360. The summed E-state index contributed by atoms with van der Waals surface area (Å²) in [5.41, 5.74) is 0.645. The number of aliphatic hydroxyl groups is 1. The van der Waals surface area contributed by atoms with Crippen LogP contribution in [0.1, 0.15) is 12.0 Å². The largest absolute Gasteiger partial charge is 0.392 e. The summed E-state index contributed by atoms with van der Waals surface area (Å²) in [4.78, 5) is 13.1. The lowest BCUT2D eigenvalue weighted by Crippen LogP contribution is -2.26. The number of alkyl halides is 1. The first-order valence-corrected chi connectivity index (χ1v) is 5.87. The number of aliphatic hydroxyl groups excluding tert-OH is 1. The van der Waals surface area contributed by atoms with Crippen molar-refractivity contribution in [2.75, 3.05) is 11.4 Å². The maximum Gasteiger partial charge on any atom is 0.228 e. The van der Waals surface area contributed by atoms with Crippen molar-refractivity contribution in [2.45, 2.75) is 17.9 Å². The fourth-order valence-corrected chi connectivity index (χ4v) is 2.44.